The summed E-state index contributed by atoms with van der Waals surface area (Å²) in [5, 5.41) is 0. The lowest BCUT2D eigenvalue weighted by Gasteiger charge is -1.95. The summed E-state index contributed by atoms with van der Waals surface area (Å²) in [6.07, 6.45) is 6.66. The number of carbonyl (C=O) groups is 1. The van der Waals surface area contributed by atoms with E-state index in [1.54, 1.807) is 0 Å². The highest BCUT2D eigenvalue weighted by molar-refractivity contribution is 5.89. The van der Waals surface area contributed by atoms with Gasteiger partial charge in [-0.3, -0.25) is 0 Å². The van der Waals surface area contributed by atoms with Gasteiger partial charge in [0.25, 0.3) is 0 Å². The Balaban J connectivity index is 3.47. The molecular weight excluding hydrogens is 140 g/mol. The maximum Gasteiger partial charge on any atom is 0.385 e. The third kappa shape index (κ3) is 6.48. The number of ether oxygens (including phenoxy) is 1. The van der Waals surface area contributed by atoms with Gasteiger partial charge in [-0.1, -0.05) is 13.3 Å². The smallest absolute Gasteiger partial charge is 0.385 e. The van der Waals surface area contributed by atoms with Gasteiger partial charge in [0, 0.05) is 5.92 Å². The van der Waals surface area contributed by atoms with Crippen LogP contribution in [0.1, 0.15) is 19.8 Å². The van der Waals surface area contributed by atoms with Crippen LogP contribution in [0.2, 0.25) is 0 Å². The van der Waals surface area contributed by atoms with Gasteiger partial charge in [-0.25, -0.2) is 4.79 Å². The first-order valence-electron chi connectivity index (χ1n) is 3.44. The summed E-state index contributed by atoms with van der Waals surface area (Å²) in [4.78, 5) is 10.6. The molecule has 0 saturated carbocycles. The van der Waals surface area contributed by atoms with E-state index in [4.69, 9.17) is 6.42 Å². The molecule has 11 heavy (non-hydrogen) atoms. The third-order valence-electron chi connectivity index (χ3n) is 0.968. The Kier molecular flexibility index (Phi) is 5.85. The van der Waals surface area contributed by atoms with Gasteiger partial charge >= 0.3 is 5.97 Å². The van der Waals surface area contributed by atoms with Crippen molar-refractivity contribution in [3.63, 3.8) is 0 Å². The maximum absolute atomic E-state index is 10.6. The predicted molar refractivity (Wildman–Crippen MR) is 42.5 cm³/mol. The SMILES string of the molecule is C#CC#CC(=O)OCCCC. The molecule has 58 valence electrons. The molecule has 0 fully saturated rings. The van der Waals surface area contributed by atoms with E-state index in [1.807, 2.05) is 12.8 Å². The zero-order valence-electron chi connectivity index (χ0n) is 6.52. The number of hydrogen-bond donors (Lipinski definition) is 0. The van der Waals surface area contributed by atoms with E-state index < -0.39 is 5.97 Å². The molecule has 0 atom stereocenters. The van der Waals surface area contributed by atoms with Crippen molar-refractivity contribution in [2.75, 3.05) is 6.61 Å². The van der Waals surface area contributed by atoms with Crippen LogP contribution >= 0.6 is 0 Å². The number of rotatable bonds is 3. The highest BCUT2D eigenvalue weighted by Gasteiger charge is 1.93. The summed E-state index contributed by atoms with van der Waals surface area (Å²) < 4.78 is 4.68. The molecule has 0 aromatic heterocycles. The molecule has 0 rings (SSSR count). The van der Waals surface area contributed by atoms with Crippen LogP contribution in [0, 0.1) is 24.2 Å². The van der Waals surface area contributed by atoms with Crippen molar-refractivity contribution in [1.29, 1.82) is 0 Å². The lowest BCUT2D eigenvalue weighted by atomic mass is 10.4. The molecule has 0 aliphatic carbocycles. The number of hydrogen-bond acceptors (Lipinski definition) is 2. The second kappa shape index (κ2) is 6.71. The van der Waals surface area contributed by atoms with Crippen molar-refractivity contribution in [2.45, 2.75) is 19.8 Å². The van der Waals surface area contributed by atoms with E-state index in [-0.39, 0.29) is 0 Å². The Morgan fingerprint density at radius 2 is 2.36 bits per heavy atom. The quantitative estimate of drug-likeness (QED) is 0.259. The summed E-state index contributed by atoms with van der Waals surface area (Å²) in [5.41, 5.74) is 0. The summed E-state index contributed by atoms with van der Waals surface area (Å²) in [5.74, 6) is 5.80. The Bertz CT molecular complexity index is 212. The highest BCUT2D eigenvalue weighted by atomic mass is 16.5. The second-order valence-electron chi connectivity index (χ2n) is 1.88. The van der Waals surface area contributed by atoms with E-state index in [1.165, 1.54) is 0 Å². The van der Waals surface area contributed by atoms with Crippen molar-refractivity contribution in [3.8, 4) is 24.2 Å². The van der Waals surface area contributed by atoms with Crippen LogP contribution in [-0.4, -0.2) is 12.6 Å². The normalized spacial score (nSPS) is 7.27. The van der Waals surface area contributed by atoms with Crippen LogP contribution in [0.25, 0.3) is 0 Å². The fourth-order valence-corrected chi connectivity index (χ4v) is 0.432. The minimum absolute atomic E-state index is 0.425. The molecular formula is C9H10O2. The lowest BCUT2D eigenvalue weighted by Crippen LogP contribution is -2.01. The minimum Gasteiger partial charge on any atom is -0.456 e. The topological polar surface area (TPSA) is 26.3 Å². The Labute approximate surface area is 66.9 Å². The largest absolute Gasteiger partial charge is 0.456 e. The first-order valence-corrected chi connectivity index (χ1v) is 3.44. The Morgan fingerprint density at radius 1 is 1.64 bits per heavy atom. The van der Waals surface area contributed by atoms with Crippen LogP contribution in [0.4, 0.5) is 0 Å². The van der Waals surface area contributed by atoms with Gasteiger partial charge in [-0.2, -0.15) is 0 Å². The molecule has 0 aliphatic rings. The third-order valence-corrected chi connectivity index (χ3v) is 0.968. The van der Waals surface area contributed by atoms with Crippen molar-refractivity contribution >= 4 is 5.97 Å². The molecule has 0 saturated heterocycles. The first-order chi connectivity index (χ1) is 5.31. The molecule has 0 radical (unpaired) electrons. The predicted octanol–water partition coefficient (Wildman–Crippen LogP) is 0.966. The summed E-state index contributed by atoms with van der Waals surface area (Å²) in [6.45, 7) is 2.44. The zero-order chi connectivity index (χ0) is 8.53. The number of unbranched alkanes of at least 4 members (excludes halogenated alkanes) is 1. The van der Waals surface area contributed by atoms with Crippen molar-refractivity contribution < 1.29 is 9.53 Å². The molecule has 0 heterocycles. The first kappa shape index (κ1) is 9.59. The average Bonchev–Trinajstić information content (AvgIpc) is 2.01. The van der Waals surface area contributed by atoms with Crippen molar-refractivity contribution in [2.24, 2.45) is 0 Å². The van der Waals surface area contributed by atoms with Crippen LogP contribution in [0.15, 0.2) is 0 Å². The molecule has 0 aromatic rings. The van der Waals surface area contributed by atoms with Gasteiger partial charge in [0.2, 0.25) is 0 Å². The maximum atomic E-state index is 10.6. The van der Waals surface area contributed by atoms with E-state index in [0.29, 0.717) is 6.61 Å². The Hall–Kier alpha value is -1.41. The molecule has 2 heteroatoms. The fraction of sp³-hybridized carbons (Fsp3) is 0.444. The number of esters is 1. The summed E-state index contributed by atoms with van der Waals surface area (Å²) >= 11 is 0. The van der Waals surface area contributed by atoms with Crippen LogP contribution in [0.5, 0.6) is 0 Å². The van der Waals surface area contributed by atoms with E-state index >= 15 is 0 Å². The molecule has 0 unspecified atom stereocenters. The number of carbonyl (C=O) groups excluding carboxylic acids is 1. The lowest BCUT2D eigenvalue weighted by molar-refractivity contribution is -0.136. The summed E-state index contributed by atoms with van der Waals surface area (Å²) in [6, 6.07) is 0. The van der Waals surface area contributed by atoms with Crippen molar-refractivity contribution in [3.05, 3.63) is 0 Å². The second-order valence-corrected chi connectivity index (χ2v) is 1.88. The van der Waals surface area contributed by atoms with Gasteiger partial charge in [-0.05, 0) is 18.3 Å². The van der Waals surface area contributed by atoms with Crippen LogP contribution in [0.3, 0.4) is 0 Å². The van der Waals surface area contributed by atoms with E-state index in [2.05, 4.69) is 16.6 Å². The monoisotopic (exact) mass is 150 g/mol. The molecule has 0 aliphatic heterocycles. The van der Waals surface area contributed by atoms with Gasteiger partial charge in [0.15, 0.2) is 0 Å². The highest BCUT2D eigenvalue weighted by Crippen LogP contribution is 1.87. The van der Waals surface area contributed by atoms with Crippen LogP contribution < -0.4 is 0 Å². The summed E-state index contributed by atoms with van der Waals surface area (Å²) in [7, 11) is 0. The molecule has 0 N–H and O–H groups in total. The van der Waals surface area contributed by atoms with Crippen molar-refractivity contribution in [1.82, 2.24) is 0 Å². The molecule has 0 amide bonds. The molecule has 0 aromatic carbocycles. The van der Waals surface area contributed by atoms with Crippen LogP contribution in [-0.2, 0) is 9.53 Å². The van der Waals surface area contributed by atoms with Gasteiger partial charge in [0.05, 0.1) is 6.61 Å². The van der Waals surface area contributed by atoms with Gasteiger partial charge in [0.1, 0.15) is 0 Å². The zero-order valence-corrected chi connectivity index (χ0v) is 6.52. The minimum atomic E-state index is -0.545. The average molecular weight is 150 g/mol. The standard InChI is InChI=1S/C9H10O2/c1-3-5-7-9(10)11-8-6-4-2/h1H,4,6,8H2,2H3. The molecule has 0 spiro atoms. The fourth-order valence-electron chi connectivity index (χ4n) is 0.432. The van der Waals surface area contributed by atoms with E-state index in [9.17, 15) is 4.79 Å². The molecule has 2 nitrogen and oxygen atoms in total. The number of terminal acetylenes is 1. The van der Waals surface area contributed by atoms with E-state index in [0.717, 1.165) is 12.8 Å². The van der Waals surface area contributed by atoms with Gasteiger partial charge < -0.3 is 4.74 Å². The molecule has 0 bridgehead atoms. The Morgan fingerprint density at radius 3 is 2.91 bits per heavy atom. The van der Waals surface area contributed by atoms with Gasteiger partial charge in [-0.15, -0.1) is 6.42 Å².